The van der Waals surface area contributed by atoms with Crippen LogP contribution < -0.4 is 0 Å². The van der Waals surface area contributed by atoms with Crippen molar-refractivity contribution in [3.05, 3.63) is 35.6 Å². The lowest BCUT2D eigenvalue weighted by atomic mass is 9.94. The SMILES string of the molecule is CC[C@@H](C(=N)C(=O)Cc1ccc(F)cc1)C(=O)O. The molecule has 1 aromatic rings. The van der Waals surface area contributed by atoms with Gasteiger partial charge < -0.3 is 10.5 Å². The molecule has 0 saturated carbocycles. The Morgan fingerprint density at radius 2 is 1.89 bits per heavy atom. The van der Waals surface area contributed by atoms with E-state index in [0.29, 0.717) is 5.56 Å². The van der Waals surface area contributed by atoms with Gasteiger partial charge in [-0.3, -0.25) is 9.59 Å². The number of rotatable bonds is 6. The molecule has 5 heteroatoms. The fourth-order valence-electron chi connectivity index (χ4n) is 1.58. The number of nitrogens with one attached hydrogen (secondary N) is 1. The topological polar surface area (TPSA) is 78.2 Å². The molecule has 0 aliphatic heterocycles. The number of carbonyl (C=O) groups excluding carboxylic acids is 1. The number of carbonyl (C=O) groups is 2. The van der Waals surface area contributed by atoms with Crippen molar-refractivity contribution in [3.8, 4) is 0 Å². The highest BCUT2D eigenvalue weighted by Gasteiger charge is 2.25. The minimum absolute atomic E-state index is 0.0805. The monoisotopic (exact) mass is 251 g/mol. The van der Waals surface area contributed by atoms with Gasteiger partial charge in [-0.2, -0.15) is 0 Å². The first-order valence-corrected chi connectivity index (χ1v) is 5.54. The van der Waals surface area contributed by atoms with Crippen molar-refractivity contribution in [2.45, 2.75) is 19.8 Å². The summed E-state index contributed by atoms with van der Waals surface area (Å²) in [5, 5.41) is 16.4. The van der Waals surface area contributed by atoms with Gasteiger partial charge in [-0.25, -0.2) is 4.39 Å². The van der Waals surface area contributed by atoms with Gasteiger partial charge in [0.05, 0.1) is 5.71 Å². The van der Waals surface area contributed by atoms with Gasteiger partial charge in [0.25, 0.3) is 0 Å². The van der Waals surface area contributed by atoms with Crippen LogP contribution in [0.3, 0.4) is 0 Å². The van der Waals surface area contributed by atoms with Gasteiger partial charge in [-0.05, 0) is 24.1 Å². The number of hydrogen-bond acceptors (Lipinski definition) is 3. The molecule has 0 aliphatic rings. The molecule has 0 fully saturated rings. The van der Waals surface area contributed by atoms with E-state index in [-0.39, 0.29) is 12.8 Å². The molecule has 0 unspecified atom stereocenters. The number of carboxylic acid groups (broad SMARTS) is 1. The van der Waals surface area contributed by atoms with Crippen molar-refractivity contribution in [1.29, 1.82) is 5.41 Å². The van der Waals surface area contributed by atoms with Crippen LogP contribution in [0.1, 0.15) is 18.9 Å². The first-order valence-electron chi connectivity index (χ1n) is 5.54. The van der Waals surface area contributed by atoms with Crippen LogP contribution in [0.2, 0.25) is 0 Å². The van der Waals surface area contributed by atoms with E-state index in [0.717, 1.165) is 0 Å². The maximum absolute atomic E-state index is 12.7. The van der Waals surface area contributed by atoms with E-state index in [9.17, 15) is 14.0 Å². The lowest BCUT2D eigenvalue weighted by molar-refractivity contribution is -0.139. The zero-order chi connectivity index (χ0) is 13.7. The van der Waals surface area contributed by atoms with Gasteiger partial charge in [-0.15, -0.1) is 0 Å². The highest BCUT2D eigenvalue weighted by Crippen LogP contribution is 2.10. The molecule has 0 aliphatic carbocycles. The van der Waals surface area contributed by atoms with Crippen LogP contribution in [0.25, 0.3) is 0 Å². The molecule has 4 nitrogen and oxygen atoms in total. The summed E-state index contributed by atoms with van der Waals surface area (Å²) >= 11 is 0. The zero-order valence-electron chi connectivity index (χ0n) is 9.94. The normalized spacial score (nSPS) is 11.9. The lowest BCUT2D eigenvalue weighted by Gasteiger charge is -2.10. The van der Waals surface area contributed by atoms with Gasteiger partial charge in [0.15, 0.2) is 5.78 Å². The Morgan fingerprint density at radius 3 is 2.33 bits per heavy atom. The molecule has 0 radical (unpaired) electrons. The minimum atomic E-state index is -1.17. The highest BCUT2D eigenvalue weighted by atomic mass is 19.1. The summed E-state index contributed by atoms with van der Waals surface area (Å²) in [6.45, 7) is 1.61. The zero-order valence-corrected chi connectivity index (χ0v) is 9.94. The second kappa shape index (κ2) is 6.05. The molecule has 0 spiro atoms. The Bertz CT molecular complexity index is 468. The molecular formula is C13H14FNO3. The predicted octanol–water partition coefficient (Wildman–Crippen LogP) is 2.07. The minimum Gasteiger partial charge on any atom is -0.481 e. The van der Waals surface area contributed by atoms with E-state index in [4.69, 9.17) is 10.5 Å². The van der Waals surface area contributed by atoms with Crippen molar-refractivity contribution >= 4 is 17.5 Å². The molecule has 1 rings (SSSR count). The predicted molar refractivity (Wildman–Crippen MR) is 64.3 cm³/mol. The standard InChI is InChI=1S/C13H14FNO3/c1-2-10(13(17)18)12(15)11(16)7-8-3-5-9(14)6-4-8/h3-6,10,15H,2,7H2,1H3,(H,17,18)/t10-/m0/s1. The number of aliphatic carboxylic acids is 1. The molecule has 0 heterocycles. The van der Waals surface area contributed by atoms with Crippen molar-refractivity contribution in [2.24, 2.45) is 5.92 Å². The summed E-state index contributed by atoms with van der Waals surface area (Å²) in [5.41, 5.74) is 0.153. The smallest absolute Gasteiger partial charge is 0.312 e. The van der Waals surface area contributed by atoms with Gasteiger partial charge in [-0.1, -0.05) is 19.1 Å². The summed E-state index contributed by atoms with van der Waals surface area (Å²) < 4.78 is 12.7. The Kier molecular flexibility index (Phi) is 4.71. The van der Waals surface area contributed by atoms with Gasteiger partial charge in [0, 0.05) is 6.42 Å². The van der Waals surface area contributed by atoms with E-state index in [1.54, 1.807) is 6.92 Å². The molecule has 1 atom stereocenters. The number of hydrogen-bond donors (Lipinski definition) is 2. The van der Waals surface area contributed by atoms with Crippen LogP contribution in [-0.2, 0) is 16.0 Å². The number of halogens is 1. The Morgan fingerprint density at radius 1 is 1.33 bits per heavy atom. The first kappa shape index (κ1) is 14.0. The molecule has 0 saturated heterocycles. The molecule has 0 aromatic heterocycles. The third-order valence-corrected chi connectivity index (χ3v) is 2.63. The second-order valence-electron chi connectivity index (χ2n) is 3.94. The Labute approximate surface area is 104 Å². The number of benzene rings is 1. The van der Waals surface area contributed by atoms with Crippen LogP contribution in [0, 0.1) is 17.1 Å². The molecule has 18 heavy (non-hydrogen) atoms. The number of Topliss-reactive ketones (excluding diaryl/α,β-unsaturated/α-hetero) is 1. The first-order chi connectivity index (χ1) is 8.45. The summed E-state index contributed by atoms with van der Waals surface area (Å²) in [5.74, 6) is -3.19. The summed E-state index contributed by atoms with van der Waals surface area (Å²) in [4.78, 5) is 22.6. The van der Waals surface area contributed by atoms with Crippen molar-refractivity contribution in [1.82, 2.24) is 0 Å². The van der Waals surface area contributed by atoms with Crippen LogP contribution in [0.5, 0.6) is 0 Å². The van der Waals surface area contributed by atoms with Crippen molar-refractivity contribution in [3.63, 3.8) is 0 Å². The van der Waals surface area contributed by atoms with E-state index in [1.165, 1.54) is 24.3 Å². The van der Waals surface area contributed by atoms with Crippen molar-refractivity contribution < 1.29 is 19.1 Å². The van der Waals surface area contributed by atoms with Crippen LogP contribution >= 0.6 is 0 Å². The Balaban J connectivity index is 2.73. The van der Waals surface area contributed by atoms with Crippen molar-refractivity contribution in [2.75, 3.05) is 0 Å². The molecular weight excluding hydrogens is 237 g/mol. The van der Waals surface area contributed by atoms with E-state index < -0.39 is 29.2 Å². The van der Waals surface area contributed by atoms with Crippen LogP contribution in [0.4, 0.5) is 4.39 Å². The lowest BCUT2D eigenvalue weighted by Crippen LogP contribution is -2.30. The second-order valence-corrected chi connectivity index (χ2v) is 3.94. The third kappa shape index (κ3) is 3.48. The molecule has 0 amide bonds. The van der Waals surface area contributed by atoms with Crippen LogP contribution in [0.15, 0.2) is 24.3 Å². The fraction of sp³-hybridized carbons (Fsp3) is 0.308. The van der Waals surface area contributed by atoms with Gasteiger partial charge in [0.2, 0.25) is 0 Å². The van der Waals surface area contributed by atoms with Crippen LogP contribution in [-0.4, -0.2) is 22.6 Å². The fourth-order valence-corrected chi connectivity index (χ4v) is 1.58. The van der Waals surface area contributed by atoms with E-state index >= 15 is 0 Å². The molecule has 96 valence electrons. The van der Waals surface area contributed by atoms with Gasteiger partial charge in [0.1, 0.15) is 11.7 Å². The average Bonchev–Trinajstić information content (AvgIpc) is 2.32. The Hall–Kier alpha value is -2.04. The number of carboxylic acids is 1. The van der Waals surface area contributed by atoms with Gasteiger partial charge >= 0.3 is 5.97 Å². The van der Waals surface area contributed by atoms with E-state index in [2.05, 4.69) is 0 Å². The summed E-state index contributed by atoms with van der Waals surface area (Å²) in [7, 11) is 0. The number of ketones is 1. The average molecular weight is 251 g/mol. The third-order valence-electron chi connectivity index (χ3n) is 2.63. The molecule has 1 aromatic carbocycles. The summed E-state index contributed by atoms with van der Waals surface area (Å²) in [6.07, 6.45) is 0.117. The highest BCUT2D eigenvalue weighted by molar-refractivity contribution is 6.42. The molecule has 2 N–H and O–H groups in total. The summed E-state index contributed by atoms with van der Waals surface area (Å²) in [6, 6.07) is 5.34. The largest absolute Gasteiger partial charge is 0.481 e. The molecule has 0 bridgehead atoms. The van der Waals surface area contributed by atoms with E-state index in [1.807, 2.05) is 0 Å². The quantitative estimate of drug-likeness (QED) is 0.760. The maximum Gasteiger partial charge on any atom is 0.312 e. The maximum atomic E-state index is 12.7.